The van der Waals surface area contributed by atoms with Gasteiger partial charge in [-0.05, 0) is 35.9 Å². The minimum absolute atomic E-state index is 0.102. The maximum atomic E-state index is 13.3. The molecule has 3 rings (SSSR count). The number of nitrogens with one attached hydrogen (secondary N) is 1. The summed E-state index contributed by atoms with van der Waals surface area (Å²) in [6.07, 6.45) is 1.50. The van der Waals surface area contributed by atoms with Crippen LogP contribution in [0.15, 0.2) is 66.9 Å². The highest BCUT2D eigenvalue weighted by Crippen LogP contribution is 2.23. The Hall–Kier alpha value is -2.92. The summed E-state index contributed by atoms with van der Waals surface area (Å²) in [5, 5.41) is 3.35. The lowest BCUT2D eigenvalue weighted by Crippen LogP contribution is -2.23. The molecule has 1 heterocycles. The predicted octanol–water partition coefficient (Wildman–Crippen LogP) is 4.60. The first kappa shape index (κ1) is 16.9. The summed E-state index contributed by atoms with van der Waals surface area (Å²) in [5.74, 6) is -0.429. The fourth-order valence-corrected chi connectivity index (χ4v) is 2.40. The van der Waals surface area contributed by atoms with Crippen LogP contribution in [-0.2, 0) is 6.54 Å². The number of carbonyl (C=O) groups excluding carboxylic acids is 1. The Morgan fingerprint density at radius 3 is 2.76 bits per heavy atom. The molecular formula is C19H14ClFN2O2. The third kappa shape index (κ3) is 4.33. The highest BCUT2D eigenvalue weighted by molar-refractivity contribution is 6.31. The van der Waals surface area contributed by atoms with Crippen molar-refractivity contribution in [2.75, 3.05) is 0 Å². The van der Waals surface area contributed by atoms with Gasteiger partial charge in [-0.15, -0.1) is 0 Å². The number of aromatic nitrogens is 1. The summed E-state index contributed by atoms with van der Waals surface area (Å²) >= 11 is 6.08. The molecule has 1 aromatic heterocycles. The smallest absolute Gasteiger partial charge is 0.257 e. The number of hydrogen-bond acceptors (Lipinski definition) is 3. The molecule has 4 nitrogen and oxygen atoms in total. The second-order valence-electron chi connectivity index (χ2n) is 5.19. The Kier molecular flexibility index (Phi) is 5.26. The topological polar surface area (TPSA) is 51.2 Å². The maximum absolute atomic E-state index is 13.3. The highest BCUT2D eigenvalue weighted by atomic mass is 35.5. The van der Waals surface area contributed by atoms with Crippen LogP contribution in [0.3, 0.4) is 0 Å². The fourth-order valence-electron chi connectivity index (χ4n) is 2.20. The van der Waals surface area contributed by atoms with Crippen molar-refractivity contribution in [1.29, 1.82) is 0 Å². The average Bonchev–Trinajstić information content (AvgIpc) is 2.61. The Bertz CT molecular complexity index is 902. The molecule has 2 aromatic carbocycles. The van der Waals surface area contributed by atoms with Gasteiger partial charge >= 0.3 is 0 Å². The van der Waals surface area contributed by atoms with Crippen LogP contribution in [0.5, 0.6) is 11.6 Å². The van der Waals surface area contributed by atoms with Crippen LogP contribution < -0.4 is 10.1 Å². The van der Waals surface area contributed by atoms with E-state index in [0.717, 1.165) is 5.56 Å². The van der Waals surface area contributed by atoms with E-state index in [9.17, 15) is 9.18 Å². The summed E-state index contributed by atoms with van der Waals surface area (Å²) in [5.41, 5.74) is 1.05. The van der Waals surface area contributed by atoms with Gasteiger partial charge in [-0.2, -0.15) is 0 Å². The number of nitrogens with zero attached hydrogens (tertiary/aromatic N) is 1. The molecule has 0 radical (unpaired) electrons. The zero-order valence-corrected chi connectivity index (χ0v) is 13.8. The first-order valence-electron chi connectivity index (χ1n) is 7.53. The highest BCUT2D eigenvalue weighted by Gasteiger charge is 2.14. The molecule has 126 valence electrons. The van der Waals surface area contributed by atoms with Crippen molar-refractivity contribution in [2.24, 2.45) is 0 Å². The van der Waals surface area contributed by atoms with Crippen molar-refractivity contribution in [2.45, 2.75) is 6.54 Å². The lowest BCUT2D eigenvalue weighted by atomic mass is 10.2. The normalized spacial score (nSPS) is 10.3. The number of benzene rings is 2. The van der Waals surface area contributed by atoms with Gasteiger partial charge in [0.2, 0.25) is 5.88 Å². The van der Waals surface area contributed by atoms with Gasteiger partial charge in [0, 0.05) is 23.8 Å². The molecule has 0 saturated carbocycles. The van der Waals surface area contributed by atoms with Crippen molar-refractivity contribution in [3.05, 3.63) is 88.8 Å². The van der Waals surface area contributed by atoms with Gasteiger partial charge in [0.05, 0.1) is 0 Å². The van der Waals surface area contributed by atoms with E-state index in [1.54, 1.807) is 24.3 Å². The lowest BCUT2D eigenvalue weighted by Gasteiger charge is -2.11. The van der Waals surface area contributed by atoms with Crippen LogP contribution in [0.4, 0.5) is 4.39 Å². The van der Waals surface area contributed by atoms with Crippen LogP contribution in [0.1, 0.15) is 15.9 Å². The van der Waals surface area contributed by atoms with Gasteiger partial charge < -0.3 is 10.1 Å². The molecule has 3 aromatic rings. The zero-order valence-electron chi connectivity index (χ0n) is 13.1. The molecule has 0 aliphatic rings. The summed E-state index contributed by atoms with van der Waals surface area (Å²) < 4.78 is 18.8. The van der Waals surface area contributed by atoms with Gasteiger partial charge in [0.1, 0.15) is 17.1 Å². The molecule has 6 heteroatoms. The summed E-state index contributed by atoms with van der Waals surface area (Å²) in [6, 6.07) is 16.1. The summed E-state index contributed by atoms with van der Waals surface area (Å²) in [4.78, 5) is 16.5. The number of pyridine rings is 1. The maximum Gasteiger partial charge on any atom is 0.257 e. The number of carbonyl (C=O) groups is 1. The molecule has 0 fully saturated rings. The zero-order chi connectivity index (χ0) is 17.6. The molecule has 1 N–H and O–H groups in total. The predicted molar refractivity (Wildman–Crippen MR) is 93.3 cm³/mol. The number of rotatable bonds is 5. The van der Waals surface area contributed by atoms with Crippen molar-refractivity contribution in [3.8, 4) is 11.6 Å². The van der Waals surface area contributed by atoms with E-state index in [-0.39, 0.29) is 29.6 Å². The molecule has 0 aliphatic heterocycles. The molecule has 1 amide bonds. The summed E-state index contributed by atoms with van der Waals surface area (Å²) in [7, 11) is 0. The Labute approximate surface area is 149 Å². The molecule has 0 aliphatic carbocycles. The number of halogens is 2. The van der Waals surface area contributed by atoms with Gasteiger partial charge in [0.15, 0.2) is 0 Å². The van der Waals surface area contributed by atoms with Crippen LogP contribution in [-0.4, -0.2) is 10.9 Å². The Morgan fingerprint density at radius 2 is 1.96 bits per heavy atom. The van der Waals surface area contributed by atoms with E-state index in [4.69, 9.17) is 16.3 Å². The molecule has 25 heavy (non-hydrogen) atoms. The second kappa shape index (κ2) is 7.77. The minimum atomic E-state index is -0.432. The molecular weight excluding hydrogens is 343 g/mol. The van der Waals surface area contributed by atoms with E-state index < -0.39 is 5.82 Å². The summed E-state index contributed by atoms with van der Waals surface area (Å²) in [6.45, 7) is 0.271. The van der Waals surface area contributed by atoms with Crippen LogP contribution in [0.25, 0.3) is 0 Å². The minimum Gasteiger partial charge on any atom is -0.438 e. The first-order chi connectivity index (χ1) is 12.1. The van der Waals surface area contributed by atoms with Crippen molar-refractivity contribution in [3.63, 3.8) is 0 Å². The number of hydrogen-bond donors (Lipinski definition) is 1. The van der Waals surface area contributed by atoms with E-state index in [1.165, 1.54) is 24.4 Å². The SMILES string of the molecule is O=C(NCc1ccccc1Cl)c1cccnc1Oc1cccc(F)c1. The number of amides is 1. The first-order valence-corrected chi connectivity index (χ1v) is 7.91. The van der Waals surface area contributed by atoms with Crippen LogP contribution in [0, 0.1) is 5.82 Å². The third-order valence-electron chi connectivity index (χ3n) is 3.42. The third-order valence-corrected chi connectivity index (χ3v) is 3.79. The van der Waals surface area contributed by atoms with E-state index in [0.29, 0.717) is 5.02 Å². The average molecular weight is 357 g/mol. The van der Waals surface area contributed by atoms with Gasteiger partial charge in [-0.3, -0.25) is 4.79 Å². The van der Waals surface area contributed by atoms with Crippen LogP contribution in [0.2, 0.25) is 5.02 Å². The quantitative estimate of drug-likeness (QED) is 0.727. The van der Waals surface area contributed by atoms with Gasteiger partial charge in [0.25, 0.3) is 5.91 Å². The van der Waals surface area contributed by atoms with Crippen LogP contribution >= 0.6 is 11.6 Å². The standard InChI is InChI=1S/C19H14ClFN2O2/c20-17-9-2-1-5-13(17)12-23-18(24)16-8-4-10-22-19(16)25-15-7-3-6-14(21)11-15/h1-11H,12H2,(H,23,24). The number of ether oxygens (including phenoxy) is 1. The van der Waals surface area contributed by atoms with Gasteiger partial charge in [-0.25, -0.2) is 9.37 Å². The van der Waals surface area contributed by atoms with E-state index in [2.05, 4.69) is 10.3 Å². The van der Waals surface area contributed by atoms with Gasteiger partial charge in [-0.1, -0.05) is 35.9 Å². The fraction of sp³-hybridized carbons (Fsp3) is 0.0526. The van der Waals surface area contributed by atoms with E-state index >= 15 is 0 Å². The van der Waals surface area contributed by atoms with Crippen molar-refractivity contribution in [1.82, 2.24) is 10.3 Å². The lowest BCUT2D eigenvalue weighted by molar-refractivity contribution is 0.0948. The van der Waals surface area contributed by atoms with Crippen molar-refractivity contribution < 1.29 is 13.9 Å². The Balaban J connectivity index is 1.76. The molecule has 0 atom stereocenters. The molecule has 0 spiro atoms. The van der Waals surface area contributed by atoms with E-state index in [1.807, 2.05) is 18.2 Å². The molecule has 0 unspecified atom stereocenters. The second-order valence-corrected chi connectivity index (χ2v) is 5.60. The monoisotopic (exact) mass is 356 g/mol. The Morgan fingerprint density at radius 1 is 1.12 bits per heavy atom. The molecule has 0 bridgehead atoms. The largest absolute Gasteiger partial charge is 0.438 e. The van der Waals surface area contributed by atoms with Crippen molar-refractivity contribution >= 4 is 17.5 Å². The molecule has 0 saturated heterocycles.